The topological polar surface area (TPSA) is 64.6 Å². The SMILES string of the molecule is C=C(C)C(=O)OCCCNC(=O)OCC=Cc1ccccc1. The van der Waals surface area contributed by atoms with Crippen molar-refractivity contribution in [3.63, 3.8) is 0 Å². The third-order valence-corrected chi connectivity index (χ3v) is 2.59. The molecule has 1 rings (SSSR count). The number of benzene rings is 1. The van der Waals surface area contributed by atoms with Gasteiger partial charge in [-0.3, -0.25) is 0 Å². The Morgan fingerprint density at radius 2 is 1.95 bits per heavy atom. The Balaban J connectivity index is 2.05. The summed E-state index contributed by atoms with van der Waals surface area (Å²) in [5.74, 6) is -0.423. The van der Waals surface area contributed by atoms with Gasteiger partial charge in [-0.25, -0.2) is 9.59 Å². The molecule has 0 aromatic heterocycles. The second-order valence-electron chi connectivity index (χ2n) is 4.61. The standard InChI is InChI=1S/C17H21NO4/c1-14(2)16(19)21-13-7-11-18-17(20)22-12-6-10-15-8-4-3-5-9-15/h3-6,8-10H,1,7,11-13H2,2H3,(H,18,20). The fraction of sp³-hybridized carbons (Fsp3) is 0.294. The number of ether oxygens (including phenoxy) is 2. The van der Waals surface area contributed by atoms with Crippen LogP contribution in [0, 0.1) is 0 Å². The first-order chi connectivity index (χ1) is 10.6. The van der Waals surface area contributed by atoms with Gasteiger partial charge in [-0.05, 0) is 25.0 Å². The van der Waals surface area contributed by atoms with Crippen LogP contribution in [0.25, 0.3) is 6.08 Å². The molecule has 22 heavy (non-hydrogen) atoms. The van der Waals surface area contributed by atoms with Crippen molar-refractivity contribution in [1.29, 1.82) is 0 Å². The predicted octanol–water partition coefficient (Wildman–Crippen LogP) is 2.94. The maximum atomic E-state index is 11.4. The minimum atomic E-state index is -0.496. The molecule has 0 radical (unpaired) electrons. The minimum absolute atomic E-state index is 0.200. The van der Waals surface area contributed by atoms with E-state index in [1.807, 2.05) is 36.4 Å². The molecule has 0 aliphatic heterocycles. The van der Waals surface area contributed by atoms with Crippen LogP contribution in [0.1, 0.15) is 18.9 Å². The number of carbonyl (C=O) groups is 2. The molecule has 0 aliphatic rings. The molecule has 1 aromatic rings. The number of nitrogens with one attached hydrogen (secondary N) is 1. The molecule has 0 atom stereocenters. The first-order valence-electron chi connectivity index (χ1n) is 7.04. The van der Waals surface area contributed by atoms with Gasteiger partial charge >= 0.3 is 12.1 Å². The van der Waals surface area contributed by atoms with E-state index in [0.29, 0.717) is 18.5 Å². The Morgan fingerprint density at radius 1 is 1.23 bits per heavy atom. The Bertz CT molecular complexity index is 523. The monoisotopic (exact) mass is 303 g/mol. The largest absolute Gasteiger partial charge is 0.462 e. The fourth-order valence-electron chi connectivity index (χ4n) is 1.47. The molecule has 1 N–H and O–H groups in total. The zero-order chi connectivity index (χ0) is 16.2. The van der Waals surface area contributed by atoms with Gasteiger partial charge in [-0.2, -0.15) is 0 Å². The molecule has 0 heterocycles. The molecule has 5 heteroatoms. The van der Waals surface area contributed by atoms with E-state index in [1.165, 1.54) is 0 Å². The highest BCUT2D eigenvalue weighted by molar-refractivity contribution is 5.86. The van der Waals surface area contributed by atoms with Gasteiger partial charge < -0.3 is 14.8 Å². The lowest BCUT2D eigenvalue weighted by atomic mass is 10.2. The first kappa shape index (κ1) is 17.5. The van der Waals surface area contributed by atoms with Crippen LogP contribution in [0.4, 0.5) is 4.79 Å². The Kier molecular flexibility index (Phi) is 8.12. The molecule has 1 aromatic carbocycles. The molecule has 0 saturated carbocycles. The molecular weight excluding hydrogens is 282 g/mol. The van der Waals surface area contributed by atoms with Gasteiger partial charge in [0.2, 0.25) is 0 Å². The molecule has 5 nitrogen and oxygen atoms in total. The highest BCUT2D eigenvalue weighted by Gasteiger charge is 2.03. The summed E-state index contributed by atoms with van der Waals surface area (Å²) in [6.45, 7) is 5.87. The van der Waals surface area contributed by atoms with Gasteiger partial charge in [0.1, 0.15) is 6.61 Å². The lowest BCUT2D eigenvalue weighted by molar-refractivity contribution is -0.138. The molecule has 0 bridgehead atoms. The molecule has 0 aliphatic carbocycles. The average molecular weight is 303 g/mol. The Hall–Kier alpha value is -2.56. The second kappa shape index (κ2) is 10.2. The predicted molar refractivity (Wildman–Crippen MR) is 85.2 cm³/mol. The quantitative estimate of drug-likeness (QED) is 0.455. The number of carbonyl (C=O) groups excluding carboxylic acids is 2. The number of amides is 1. The Morgan fingerprint density at radius 3 is 2.64 bits per heavy atom. The Labute approximate surface area is 130 Å². The maximum Gasteiger partial charge on any atom is 0.407 e. The summed E-state index contributed by atoms with van der Waals surface area (Å²) < 4.78 is 9.86. The van der Waals surface area contributed by atoms with E-state index >= 15 is 0 Å². The van der Waals surface area contributed by atoms with Crippen LogP contribution in [0.15, 0.2) is 48.6 Å². The molecule has 1 amide bonds. The molecular formula is C17H21NO4. The summed E-state index contributed by atoms with van der Waals surface area (Å²) in [6, 6.07) is 9.74. The van der Waals surface area contributed by atoms with Crippen LogP contribution in [-0.4, -0.2) is 31.8 Å². The third kappa shape index (κ3) is 7.89. The summed E-state index contributed by atoms with van der Waals surface area (Å²) in [6.07, 6.45) is 3.67. The second-order valence-corrected chi connectivity index (χ2v) is 4.61. The average Bonchev–Trinajstić information content (AvgIpc) is 2.52. The molecule has 0 fully saturated rings. The van der Waals surface area contributed by atoms with E-state index in [9.17, 15) is 9.59 Å². The van der Waals surface area contributed by atoms with E-state index in [0.717, 1.165) is 5.56 Å². The third-order valence-electron chi connectivity index (χ3n) is 2.59. The number of hydrogen-bond acceptors (Lipinski definition) is 4. The summed E-state index contributed by atoms with van der Waals surface area (Å²) in [5.41, 5.74) is 1.41. The minimum Gasteiger partial charge on any atom is -0.462 e. The van der Waals surface area contributed by atoms with E-state index in [1.54, 1.807) is 13.0 Å². The van der Waals surface area contributed by atoms with Crippen LogP contribution in [0.2, 0.25) is 0 Å². The van der Waals surface area contributed by atoms with Gasteiger partial charge in [0, 0.05) is 12.1 Å². The fourth-order valence-corrected chi connectivity index (χ4v) is 1.47. The van der Waals surface area contributed by atoms with Crippen molar-refractivity contribution in [2.24, 2.45) is 0 Å². The lowest BCUT2D eigenvalue weighted by Gasteiger charge is -2.06. The zero-order valence-electron chi connectivity index (χ0n) is 12.7. The summed E-state index contributed by atoms with van der Waals surface area (Å²) in [7, 11) is 0. The van der Waals surface area contributed by atoms with Crippen molar-refractivity contribution >= 4 is 18.1 Å². The maximum absolute atomic E-state index is 11.4. The van der Waals surface area contributed by atoms with Crippen LogP contribution < -0.4 is 5.32 Å². The molecule has 118 valence electrons. The van der Waals surface area contributed by atoms with Crippen LogP contribution in [0.3, 0.4) is 0 Å². The van der Waals surface area contributed by atoms with Crippen molar-refractivity contribution in [3.8, 4) is 0 Å². The van der Waals surface area contributed by atoms with Crippen LogP contribution in [0.5, 0.6) is 0 Å². The summed E-state index contributed by atoms with van der Waals surface area (Å²) >= 11 is 0. The number of esters is 1. The first-order valence-corrected chi connectivity index (χ1v) is 7.04. The molecule has 0 saturated heterocycles. The van der Waals surface area contributed by atoms with Crippen molar-refractivity contribution in [2.75, 3.05) is 19.8 Å². The summed E-state index contributed by atoms with van der Waals surface area (Å²) in [5, 5.41) is 2.58. The van der Waals surface area contributed by atoms with Gasteiger partial charge in [-0.15, -0.1) is 0 Å². The molecule has 0 spiro atoms. The lowest BCUT2D eigenvalue weighted by Crippen LogP contribution is -2.26. The van der Waals surface area contributed by atoms with Gasteiger partial charge in [-0.1, -0.05) is 43.0 Å². The highest BCUT2D eigenvalue weighted by atomic mass is 16.5. The van der Waals surface area contributed by atoms with Crippen molar-refractivity contribution < 1.29 is 19.1 Å². The van der Waals surface area contributed by atoms with Crippen molar-refractivity contribution in [1.82, 2.24) is 5.32 Å². The van der Waals surface area contributed by atoms with Crippen LogP contribution in [-0.2, 0) is 14.3 Å². The van der Waals surface area contributed by atoms with Crippen molar-refractivity contribution in [3.05, 3.63) is 54.1 Å². The van der Waals surface area contributed by atoms with E-state index in [4.69, 9.17) is 9.47 Å². The van der Waals surface area contributed by atoms with Crippen LogP contribution >= 0.6 is 0 Å². The van der Waals surface area contributed by atoms with E-state index in [-0.39, 0.29) is 13.2 Å². The normalized spacial score (nSPS) is 10.2. The highest BCUT2D eigenvalue weighted by Crippen LogP contribution is 2.00. The van der Waals surface area contributed by atoms with Gasteiger partial charge in [0.25, 0.3) is 0 Å². The molecule has 0 unspecified atom stereocenters. The zero-order valence-corrected chi connectivity index (χ0v) is 12.7. The van der Waals surface area contributed by atoms with Crippen molar-refractivity contribution in [2.45, 2.75) is 13.3 Å². The number of alkyl carbamates (subject to hydrolysis) is 1. The van der Waals surface area contributed by atoms with Gasteiger partial charge in [0.05, 0.1) is 6.61 Å². The van der Waals surface area contributed by atoms with Gasteiger partial charge in [0.15, 0.2) is 0 Å². The summed E-state index contributed by atoms with van der Waals surface area (Å²) in [4.78, 5) is 22.5. The number of hydrogen-bond donors (Lipinski definition) is 1. The number of rotatable bonds is 8. The van der Waals surface area contributed by atoms with E-state index in [2.05, 4.69) is 11.9 Å². The smallest absolute Gasteiger partial charge is 0.407 e. The van der Waals surface area contributed by atoms with E-state index < -0.39 is 12.1 Å².